The van der Waals surface area contributed by atoms with Gasteiger partial charge in [0.05, 0.1) is 12.3 Å². The Morgan fingerprint density at radius 3 is 2.19 bits per heavy atom. The smallest absolute Gasteiger partial charge is 0.127 e. The lowest BCUT2D eigenvalue weighted by molar-refractivity contribution is 0.479. The van der Waals surface area contributed by atoms with Gasteiger partial charge in [-0.05, 0) is 48.4 Å². The fraction of sp³-hybridized carbons (Fsp3) is 0.111. The van der Waals surface area contributed by atoms with Crippen LogP contribution in [0.25, 0.3) is 0 Å². The molecule has 0 spiro atoms. The summed E-state index contributed by atoms with van der Waals surface area (Å²) in [7, 11) is 0. The van der Waals surface area contributed by atoms with Gasteiger partial charge in [-0.3, -0.25) is 0 Å². The molecule has 0 amide bonds. The van der Waals surface area contributed by atoms with Crippen LogP contribution in [0.1, 0.15) is 22.9 Å². The van der Waals surface area contributed by atoms with Crippen LogP contribution in [-0.2, 0) is 0 Å². The van der Waals surface area contributed by atoms with Gasteiger partial charge in [0.2, 0.25) is 0 Å². The van der Waals surface area contributed by atoms with Crippen molar-refractivity contribution >= 4 is 0 Å². The largest absolute Gasteiger partial charge is 0.467 e. The Hall–Kier alpha value is -2.52. The summed E-state index contributed by atoms with van der Waals surface area (Å²) in [5.41, 5.74) is 8.29. The van der Waals surface area contributed by atoms with Crippen molar-refractivity contribution in [2.75, 3.05) is 0 Å². The normalized spacial score (nSPS) is 12.1. The van der Waals surface area contributed by atoms with Gasteiger partial charge in [-0.2, -0.15) is 0 Å². The molecule has 1 atom stereocenters. The molecule has 2 N–H and O–H groups in total. The van der Waals surface area contributed by atoms with E-state index in [-0.39, 0.29) is 6.04 Å². The molecule has 3 rings (SSSR count). The van der Waals surface area contributed by atoms with E-state index in [2.05, 4.69) is 0 Å². The monoisotopic (exact) mass is 279 g/mol. The van der Waals surface area contributed by atoms with E-state index in [0.717, 1.165) is 28.4 Å². The summed E-state index contributed by atoms with van der Waals surface area (Å²) in [5, 5.41) is 0. The minimum absolute atomic E-state index is 0.259. The van der Waals surface area contributed by atoms with Crippen molar-refractivity contribution in [1.82, 2.24) is 0 Å². The molecule has 1 heterocycles. The number of nitrogens with two attached hydrogens (primary N) is 1. The maximum absolute atomic E-state index is 6.23. The maximum Gasteiger partial charge on any atom is 0.127 e. The third-order valence-electron chi connectivity index (χ3n) is 3.40. The Kier molecular flexibility index (Phi) is 3.75. The number of benzene rings is 2. The summed E-state index contributed by atoms with van der Waals surface area (Å²) in [6, 6.07) is 19.1. The lowest BCUT2D eigenvalue weighted by atomic mass is 10.0. The molecule has 0 radical (unpaired) electrons. The van der Waals surface area contributed by atoms with Crippen LogP contribution in [0.2, 0.25) is 0 Å². The average Bonchev–Trinajstić information content (AvgIpc) is 2.94. The topological polar surface area (TPSA) is 48.4 Å². The predicted octanol–water partition coefficient (Wildman–Crippen LogP) is 4.43. The molecule has 0 aliphatic heterocycles. The van der Waals surface area contributed by atoms with Crippen LogP contribution >= 0.6 is 0 Å². The second-order valence-corrected chi connectivity index (χ2v) is 4.93. The third-order valence-corrected chi connectivity index (χ3v) is 3.40. The van der Waals surface area contributed by atoms with Crippen molar-refractivity contribution < 1.29 is 9.15 Å². The average molecular weight is 279 g/mol. The lowest BCUT2D eigenvalue weighted by Crippen LogP contribution is -2.11. The summed E-state index contributed by atoms with van der Waals surface area (Å²) in [6.45, 7) is 1.99. The van der Waals surface area contributed by atoms with Gasteiger partial charge in [0.15, 0.2) is 0 Å². The summed E-state index contributed by atoms with van der Waals surface area (Å²) in [4.78, 5) is 0. The van der Waals surface area contributed by atoms with Crippen molar-refractivity contribution in [2.45, 2.75) is 13.0 Å². The molecule has 0 aliphatic carbocycles. The van der Waals surface area contributed by atoms with Crippen molar-refractivity contribution in [2.24, 2.45) is 5.73 Å². The summed E-state index contributed by atoms with van der Waals surface area (Å²) < 4.78 is 11.2. The first-order valence-corrected chi connectivity index (χ1v) is 6.86. The van der Waals surface area contributed by atoms with Crippen molar-refractivity contribution in [3.05, 3.63) is 83.8 Å². The van der Waals surface area contributed by atoms with Gasteiger partial charge in [0, 0.05) is 0 Å². The van der Waals surface area contributed by atoms with E-state index in [0.29, 0.717) is 0 Å². The first kappa shape index (κ1) is 13.5. The SMILES string of the molecule is Cc1ccoc1C(N)c1ccc(Oc2ccccc2)cc1. The lowest BCUT2D eigenvalue weighted by Gasteiger charge is -2.12. The number of para-hydroxylation sites is 1. The van der Waals surface area contributed by atoms with Crippen molar-refractivity contribution in [1.29, 1.82) is 0 Å². The number of hydrogen-bond donors (Lipinski definition) is 1. The predicted molar refractivity (Wildman–Crippen MR) is 82.4 cm³/mol. The van der Waals surface area contributed by atoms with Gasteiger partial charge < -0.3 is 14.9 Å². The molecule has 0 bridgehead atoms. The van der Waals surface area contributed by atoms with Gasteiger partial charge in [0.25, 0.3) is 0 Å². The minimum Gasteiger partial charge on any atom is -0.467 e. The van der Waals surface area contributed by atoms with E-state index in [9.17, 15) is 0 Å². The standard InChI is InChI=1S/C18H17NO2/c1-13-11-12-20-18(13)17(19)14-7-9-16(10-8-14)21-15-5-3-2-4-6-15/h2-12,17H,19H2,1H3. The van der Waals surface area contributed by atoms with Crippen molar-refractivity contribution in [3.63, 3.8) is 0 Å². The van der Waals surface area contributed by atoms with Crippen LogP contribution in [0.3, 0.4) is 0 Å². The van der Waals surface area contributed by atoms with Crippen LogP contribution in [0.15, 0.2) is 71.3 Å². The molecule has 1 aromatic heterocycles. The Labute approximate surface area is 124 Å². The number of rotatable bonds is 4. The van der Waals surface area contributed by atoms with Crippen LogP contribution in [0.5, 0.6) is 11.5 Å². The zero-order valence-electron chi connectivity index (χ0n) is 11.8. The van der Waals surface area contributed by atoms with E-state index >= 15 is 0 Å². The van der Waals surface area contributed by atoms with E-state index in [1.807, 2.05) is 67.6 Å². The molecule has 0 fully saturated rings. The first-order valence-electron chi connectivity index (χ1n) is 6.86. The molecule has 2 aromatic carbocycles. The highest BCUT2D eigenvalue weighted by Crippen LogP contribution is 2.26. The fourth-order valence-electron chi connectivity index (χ4n) is 2.22. The number of hydrogen-bond acceptors (Lipinski definition) is 3. The molecule has 3 aromatic rings. The van der Waals surface area contributed by atoms with Crippen LogP contribution in [0, 0.1) is 6.92 Å². The molecular weight excluding hydrogens is 262 g/mol. The molecule has 106 valence electrons. The highest BCUT2D eigenvalue weighted by Gasteiger charge is 2.14. The molecule has 0 saturated carbocycles. The maximum atomic E-state index is 6.23. The fourth-order valence-corrected chi connectivity index (χ4v) is 2.22. The van der Waals surface area contributed by atoms with Gasteiger partial charge in [-0.1, -0.05) is 30.3 Å². The number of aryl methyl sites for hydroxylation is 1. The molecule has 3 nitrogen and oxygen atoms in total. The van der Waals surface area contributed by atoms with Crippen LogP contribution in [-0.4, -0.2) is 0 Å². The van der Waals surface area contributed by atoms with Gasteiger partial charge >= 0.3 is 0 Å². The Morgan fingerprint density at radius 1 is 0.905 bits per heavy atom. The van der Waals surface area contributed by atoms with E-state index in [4.69, 9.17) is 14.9 Å². The second-order valence-electron chi connectivity index (χ2n) is 4.93. The Morgan fingerprint density at radius 2 is 1.57 bits per heavy atom. The molecule has 1 unspecified atom stereocenters. The van der Waals surface area contributed by atoms with Gasteiger partial charge in [0.1, 0.15) is 17.3 Å². The highest BCUT2D eigenvalue weighted by molar-refractivity contribution is 5.36. The quantitative estimate of drug-likeness (QED) is 0.768. The summed E-state index contributed by atoms with van der Waals surface area (Å²) in [5.74, 6) is 2.40. The summed E-state index contributed by atoms with van der Waals surface area (Å²) in [6.07, 6.45) is 1.66. The van der Waals surface area contributed by atoms with E-state index in [1.54, 1.807) is 6.26 Å². The Bertz CT molecular complexity index is 702. The van der Waals surface area contributed by atoms with E-state index in [1.165, 1.54) is 0 Å². The molecule has 0 aliphatic rings. The Balaban J connectivity index is 1.77. The number of ether oxygens (including phenoxy) is 1. The zero-order chi connectivity index (χ0) is 14.7. The zero-order valence-corrected chi connectivity index (χ0v) is 11.8. The van der Waals surface area contributed by atoms with Gasteiger partial charge in [-0.25, -0.2) is 0 Å². The van der Waals surface area contributed by atoms with Gasteiger partial charge in [-0.15, -0.1) is 0 Å². The molecule has 21 heavy (non-hydrogen) atoms. The van der Waals surface area contributed by atoms with Crippen LogP contribution < -0.4 is 10.5 Å². The number of furan rings is 1. The summed E-state index contributed by atoms with van der Waals surface area (Å²) >= 11 is 0. The third kappa shape index (κ3) is 2.98. The minimum atomic E-state index is -0.259. The van der Waals surface area contributed by atoms with E-state index < -0.39 is 0 Å². The molecule has 0 saturated heterocycles. The second kappa shape index (κ2) is 5.85. The van der Waals surface area contributed by atoms with Crippen molar-refractivity contribution in [3.8, 4) is 11.5 Å². The molecule has 3 heteroatoms. The first-order chi connectivity index (χ1) is 10.2. The molecular formula is C18H17NO2. The van der Waals surface area contributed by atoms with Crippen LogP contribution in [0.4, 0.5) is 0 Å². The highest BCUT2D eigenvalue weighted by atomic mass is 16.5.